The summed E-state index contributed by atoms with van der Waals surface area (Å²) in [6.07, 6.45) is 1.60. The molecule has 20 heavy (non-hydrogen) atoms. The Kier molecular flexibility index (Phi) is 3.74. The van der Waals surface area contributed by atoms with Crippen molar-refractivity contribution >= 4 is 17.4 Å². The summed E-state index contributed by atoms with van der Waals surface area (Å²) >= 11 is 0. The molecule has 1 aromatic heterocycles. The molecule has 6 heteroatoms. The highest BCUT2D eigenvalue weighted by atomic mass is 16.6. The number of anilines is 1. The number of nitro benzene ring substituents is 1. The molecule has 0 saturated heterocycles. The van der Waals surface area contributed by atoms with Gasteiger partial charge in [-0.15, -0.1) is 0 Å². The standard InChI is InChI=1S/C14H13N3O3/c1-9-5-6-15-13(7-9)16-14(18)11-3-4-12(17(19)20)10(2)8-11/h3-8H,1-2H3,(H,15,16,18). The predicted molar refractivity (Wildman–Crippen MR) is 74.8 cm³/mol. The number of aryl methyl sites for hydroxylation is 2. The zero-order valence-corrected chi connectivity index (χ0v) is 11.1. The summed E-state index contributed by atoms with van der Waals surface area (Å²) in [6, 6.07) is 7.81. The molecule has 1 aromatic carbocycles. The molecule has 0 aliphatic heterocycles. The van der Waals surface area contributed by atoms with E-state index in [9.17, 15) is 14.9 Å². The van der Waals surface area contributed by atoms with Crippen LogP contribution in [0.1, 0.15) is 21.5 Å². The lowest BCUT2D eigenvalue weighted by atomic mass is 10.1. The summed E-state index contributed by atoms with van der Waals surface area (Å²) in [7, 11) is 0. The van der Waals surface area contributed by atoms with Crippen LogP contribution in [-0.2, 0) is 0 Å². The largest absolute Gasteiger partial charge is 0.307 e. The highest BCUT2D eigenvalue weighted by Gasteiger charge is 2.14. The number of nitrogens with one attached hydrogen (secondary N) is 1. The fourth-order valence-corrected chi connectivity index (χ4v) is 1.79. The molecule has 0 radical (unpaired) electrons. The highest BCUT2D eigenvalue weighted by molar-refractivity contribution is 6.04. The van der Waals surface area contributed by atoms with Crippen LogP contribution in [-0.4, -0.2) is 15.8 Å². The lowest BCUT2D eigenvalue weighted by molar-refractivity contribution is -0.385. The van der Waals surface area contributed by atoms with E-state index < -0.39 is 4.92 Å². The number of carbonyl (C=O) groups is 1. The monoisotopic (exact) mass is 271 g/mol. The van der Waals surface area contributed by atoms with Gasteiger partial charge in [0.25, 0.3) is 11.6 Å². The predicted octanol–water partition coefficient (Wildman–Crippen LogP) is 2.86. The van der Waals surface area contributed by atoms with Crippen molar-refractivity contribution in [3.05, 3.63) is 63.3 Å². The van der Waals surface area contributed by atoms with E-state index in [1.807, 2.05) is 13.0 Å². The third-order valence-electron chi connectivity index (χ3n) is 2.81. The van der Waals surface area contributed by atoms with Gasteiger partial charge in [-0.1, -0.05) is 0 Å². The molecule has 1 amide bonds. The first-order valence-corrected chi connectivity index (χ1v) is 5.96. The summed E-state index contributed by atoms with van der Waals surface area (Å²) in [6.45, 7) is 3.49. The van der Waals surface area contributed by atoms with Gasteiger partial charge in [-0.05, 0) is 43.7 Å². The lowest BCUT2D eigenvalue weighted by Gasteiger charge is -2.06. The number of pyridine rings is 1. The molecule has 0 bridgehead atoms. The zero-order chi connectivity index (χ0) is 14.7. The first-order valence-electron chi connectivity index (χ1n) is 5.96. The number of benzene rings is 1. The van der Waals surface area contributed by atoms with Gasteiger partial charge in [0.15, 0.2) is 0 Å². The van der Waals surface area contributed by atoms with Gasteiger partial charge >= 0.3 is 0 Å². The van der Waals surface area contributed by atoms with Crippen LogP contribution in [0.15, 0.2) is 36.5 Å². The average Bonchev–Trinajstić information content (AvgIpc) is 2.38. The summed E-state index contributed by atoms with van der Waals surface area (Å²) in [5, 5.41) is 13.4. The number of nitro groups is 1. The number of amides is 1. The van der Waals surface area contributed by atoms with E-state index in [2.05, 4.69) is 10.3 Å². The van der Waals surface area contributed by atoms with Gasteiger partial charge < -0.3 is 5.32 Å². The van der Waals surface area contributed by atoms with Crippen LogP contribution in [0.5, 0.6) is 0 Å². The minimum absolute atomic E-state index is 0.00442. The molecular weight excluding hydrogens is 258 g/mol. The number of hydrogen-bond donors (Lipinski definition) is 1. The summed E-state index contributed by atoms with van der Waals surface area (Å²) in [5.74, 6) is 0.104. The van der Waals surface area contributed by atoms with E-state index in [0.29, 0.717) is 16.9 Å². The van der Waals surface area contributed by atoms with E-state index in [0.717, 1.165) is 5.56 Å². The van der Waals surface area contributed by atoms with Gasteiger partial charge in [0.05, 0.1) is 4.92 Å². The maximum atomic E-state index is 12.0. The quantitative estimate of drug-likeness (QED) is 0.687. The van der Waals surface area contributed by atoms with Crippen LogP contribution in [0.3, 0.4) is 0 Å². The minimum atomic E-state index is -0.473. The van der Waals surface area contributed by atoms with Gasteiger partial charge in [0, 0.05) is 23.4 Å². The number of aromatic nitrogens is 1. The second-order valence-corrected chi connectivity index (χ2v) is 4.43. The molecule has 0 aliphatic rings. The molecule has 0 atom stereocenters. The molecule has 2 rings (SSSR count). The number of rotatable bonds is 3. The van der Waals surface area contributed by atoms with Crippen molar-refractivity contribution in [2.24, 2.45) is 0 Å². The van der Waals surface area contributed by atoms with Gasteiger partial charge in [0.2, 0.25) is 0 Å². The van der Waals surface area contributed by atoms with E-state index in [4.69, 9.17) is 0 Å². The molecule has 0 aliphatic carbocycles. The Labute approximate surface area is 115 Å². The van der Waals surface area contributed by atoms with Crippen LogP contribution >= 0.6 is 0 Å². The Morgan fingerprint density at radius 2 is 2.00 bits per heavy atom. The second kappa shape index (κ2) is 5.48. The Hall–Kier alpha value is -2.76. The Morgan fingerprint density at radius 1 is 1.25 bits per heavy atom. The van der Waals surface area contributed by atoms with Crippen molar-refractivity contribution in [2.45, 2.75) is 13.8 Å². The van der Waals surface area contributed by atoms with Crippen LogP contribution in [0, 0.1) is 24.0 Å². The van der Waals surface area contributed by atoms with Crippen molar-refractivity contribution in [1.82, 2.24) is 4.98 Å². The molecule has 1 heterocycles. The lowest BCUT2D eigenvalue weighted by Crippen LogP contribution is -2.13. The van der Waals surface area contributed by atoms with Crippen molar-refractivity contribution in [2.75, 3.05) is 5.32 Å². The first kappa shape index (κ1) is 13.7. The number of carbonyl (C=O) groups excluding carboxylic acids is 1. The van der Waals surface area contributed by atoms with Gasteiger partial charge in [-0.25, -0.2) is 4.98 Å². The van der Waals surface area contributed by atoms with E-state index in [1.165, 1.54) is 18.2 Å². The Morgan fingerprint density at radius 3 is 2.60 bits per heavy atom. The molecule has 0 fully saturated rings. The molecule has 0 unspecified atom stereocenters. The van der Waals surface area contributed by atoms with Crippen molar-refractivity contribution in [1.29, 1.82) is 0 Å². The summed E-state index contributed by atoms with van der Waals surface area (Å²) in [5.41, 5.74) is 1.78. The van der Waals surface area contributed by atoms with Crippen molar-refractivity contribution in [3.63, 3.8) is 0 Å². The van der Waals surface area contributed by atoms with Crippen LogP contribution < -0.4 is 5.32 Å². The topological polar surface area (TPSA) is 85.1 Å². The third kappa shape index (κ3) is 2.97. The Balaban J connectivity index is 2.22. The normalized spacial score (nSPS) is 10.1. The minimum Gasteiger partial charge on any atom is -0.307 e. The molecule has 1 N–H and O–H groups in total. The van der Waals surface area contributed by atoms with Crippen molar-refractivity contribution < 1.29 is 9.72 Å². The van der Waals surface area contributed by atoms with Crippen LogP contribution in [0.2, 0.25) is 0 Å². The summed E-state index contributed by atoms with van der Waals surface area (Å²) in [4.78, 5) is 26.3. The number of nitrogens with zero attached hydrogens (tertiary/aromatic N) is 2. The van der Waals surface area contributed by atoms with Crippen LogP contribution in [0.4, 0.5) is 11.5 Å². The molecular formula is C14H13N3O3. The molecule has 2 aromatic rings. The highest BCUT2D eigenvalue weighted by Crippen LogP contribution is 2.19. The third-order valence-corrected chi connectivity index (χ3v) is 2.81. The number of hydrogen-bond acceptors (Lipinski definition) is 4. The van der Waals surface area contributed by atoms with E-state index in [1.54, 1.807) is 19.2 Å². The molecule has 0 spiro atoms. The molecule has 102 valence electrons. The van der Waals surface area contributed by atoms with Gasteiger partial charge in [0.1, 0.15) is 5.82 Å². The molecule has 6 nitrogen and oxygen atoms in total. The first-order chi connectivity index (χ1) is 9.47. The Bertz CT molecular complexity index is 683. The van der Waals surface area contributed by atoms with Crippen LogP contribution in [0.25, 0.3) is 0 Å². The smallest absolute Gasteiger partial charge is 0.272 e. The van der Waals surface area contributed by atoms with Gasteiger partial charge in [-0.2, -0.15) is 0 Å². The summed E-state index contributed by atoms with van der Waals surface area (Å²) < 4.78 is 0. The van der Waals surface area contributed by atoms with Gasteiger partial charge in [-0.3, -0.25) is 14.9 Å². The fourth-order valence-electron chi connectivity index (χ4n) is 1.79. The second-order valence-electron chi connectivity index (χ2n) is 4.43. The van der Waals surface area contributed by atoms with E-state index >= 15 is 0 Å². The van der Waals surface area contributed by atoms with E-state index in [-0.39, 0.29) is 11.6 Å². The fraction of sp³-hybridized carbons (Fsp3) is 0.143. The van der Waals surface area contributed by atoms with Crippen molar-refractivity contribution in [3.8, 4) is 0 Å². The SMILES string of the molecule is Cc1ccnc(NC(=O)c2ccc([N+](=O)[O-])c(C)c2)c1. The average molecular weight is 271 g/mol. The molecule has 0 saturated carbocycles. The zero-order valence-electron chi connectivity index (χ0n) is 11.1. The maximum absolute atomic E-state index is 12.0. The maximum Gasteiger partial charge on any atom is 0.272 e.